The van der Waals surface area contributed by atoms with Crippen molar-refractivity contribution in [3.63, 3.8) is 0 Å². The van der Waals surface area contributed by atoms with Crippen LogP contribution >= 0.6 is 11.6 Å². The summed E-state index contributed by atoms with van der Waals surface area (Å²) in [5, 5.41) is -0.432. The molecule has 1 rings (SSSR count). The quantitative estimate of drug-likeness (QED) is 0.716. The van der Waals surface area contributed by atoms with Gasteiger partial charge in [0.05, 0.1) is 11.9 Å². The Kier molecular flexibility index (Phi) is 3.11. The number of halogens is 1. The fourth-order valence-electron chi connectivity index (χ4n) is 0.774. The molecule has 4 nitrogen and oxygen atoms in total. The number of rotatable bonds is 3. The summed E-state index contributed by atoms with van der Waals surface area (Å²) in [6.07, 6.45) is 3.04. The Morgan fingerprint density at radius 3 is 2.77 bits per heavy atom. The predicted octanol–water partition coefficient (Wildman–Crippen LogP) is 1.04. The van der Waals surface area contributed by atoms with Crippen molar-refractivity contribution < 1.29 is 8.42 Å². The van der Waals surface area contributed by atoms with Crippen molar-refractivity contribution in [1.82, 2.24) is 4.98 Å². The summed E-state index contributed by atoms with van der Waals surface area (Å²) in [6.45, 7) is 0. The summed E-state index contributed by atoms with van der Waals surface area (Å²) in [5.41, 5.74) is 0.503. The fourth-order valence-corrected chi connectivity index (χ4v) is 1.79. The van der Waals surface area contributed by atoms with Gasteiger partial charge in [-0.05, 0) is 12.1 Å². The molecule has 0 spiro atoms. The molecule has 0 aliphatic carbocycles. The van der Waals surface area contributed by atoms with Crippen molar-refractivity contribution in [1.29, 1.82) is 0 Å². The average Bonchev–Trinajstić information content (AvgIpc) is 2.18. The molecule has 13 heavy (non-hydrogen) atoms. The molecule has 72 valence electrons. The van der Waals surface area contributed by atoms with Crippen LogP contribution in [0.3, 0.4) is 0 Å². The molecule has 0 bridgehead atoms. The first kappa shape index (κ1) is 10.3. The Morgan fingerprint density at radius 2 is 2.31 bits per heavy atom. The second kappa shape index (κ2) is 3.93. The van der Waals surface area contributed by atoms with E-state index in [4.69, 9.17) is 11.6 Å². The minimum Gasteiger partial charge on any atom is -0.271 e. The third kappa shape index (κ3) is 2.32. The smallest absolute Gasteiger partial charge is 0.249 e. The monoisotopic (exact) mass is 220 g/mol. The van der Waals surface area contributed by atoms with Crippen LogP contribution in [-0.4, -0.2) is 25.7 Å². The van der Waals surface area contributed by atoms with E-state index in [0.29, 0.717) is 5.69 Å². The van der Waals surface area contributed by atoms with Crippen molar-refractivity contribution >= 4 is 27.3 Å². The van der Waals surface area contributed by atoms with Crippen LogP contribution in [0, 0.1) is 0 Å². The number of hydrogen-bond acceptors (Lipinski definition) is 3. The first-order valence-corrected chi connectivity index (χ1v) is 5.65. The molecule has 0 radical (unpaired) electrons. The summed E-state index contributed by atoms with van der Waals surface area (Å²) >= 11 is 5.29. The number of anilines is 1. The summed E-state index contributed by atoms with van der Waals surface area (Å²) in [7, 11) is -1.95. The Labute approximate surface area is 82.2 Å². The summed E-state index contributed by atoms with van der Waals surface area (Å²) in [5.74, 6) is 0. The maximum atomic E-state index is 11.3. The molecule has 1 aromatic heterocycles. The number of nitrogens with zero attached hydrogens (tertiary/aromatic N) is 2. The molecule has 0 N–H and O–H groups in total. The van der Waals surface area contributed by atoms with Gasteiger partial charge in [-0.1, -0.05) is 0 Å². The average molecular weight is 221 g/mol. The van der Waals surface area contributed by atoms with Gasteiger partial charge in [0.15, 0.2) is 0 Å². The lowest BCUT2D eigenvalue weighted by molar-refractivity contribution is 0.599. The van der Waals surface area contributed by atoms with E-state index in [0.717, 1.165) is 4.31 Å². The molecule has 0 aliphatic heterocycles. The zero-order valence-corrected chi connectivity index (χ0v) is 8.59. The minimum absolute atomic E-state index is 0.432. The van der Waals surface area contributed by atoms with Gasteiger partial charge in [-0.25, -0.2) is 8.42 Å². The maximum absolute atomic E-state index is 11.3. The number of alkyl halides is 1. The Hall–Kier alpha value is -0.810. The standard InChI is InChI=1S/C7H9ClN2O2S/c1-10(13(11,12)6-8)7-3-2-4-9-5-7/h2-5H,6H2,1H3. The molecule has 0 saturated carbocycles. The highest BCUT2D eigenvalue weighted by molar-refractivity contribution is 7.93. The molecule has 0 fully saturated rings. The number of hydrogen-bond donors (Lipinski definition) is 0. The van der Waals surface area contributed by atoms with Gasteiger partial charge in [0, 0.05) is 13.2 Å². The van der Waals surface area contributed by atoms with Crippen LogP contribution in [-0.2, 0) is 10.0 Å². The molecule has 1 aromatic rings. The van der Waals surface area contributed by atoms with Gasteiger partial charge in [-0.3, -0.25) is 9.29 Å². The van der Waals surface area contributed by atoms with Gasteiger partial charge in [0.2, 0.25) is 10.0 Å². The molecule has 0 saturated heterocycles. The fraction of sp³-hybridized carbons (Fsp3) is 0.286. The summed E-state index contributed by atoms with van der Waals surface area (Å²) in [4.78, 5) is 3.80. The van der Waals surface area contributed by atoms with Crippen LogP contribution in [0.25, 0.3) is 0 Å². The largest absolute Gasteiger partial charge is 0.271 e. The third-order valence-corrected chi connectivity index (χ3v) is 3.71. The lowest BCUT2D eigenvalue weighted by Gasteiger charge is -2.16. The lowest BCUT2D eigenvalue weighted by atomic mass is 10.4. The lowest BCUT2D eigenvalue weighted by Crippen LogP contribution is -2.27. The zero-order valence-electron chi connectivity index (χ0n) is 7.01. The van der Waals surface area contributed by atoms with E-state index in [1.54, 1.807) is 18.3 Å². The van der Waals surface area contributed by atoms with Gasteiger partial charge in [-0.2, -0.15) is 0 Å². The molecule has 0 atom stereocenters. The Bertz CT molecular complexity index is 365. The first-order chi connectivity index (χ1) is 6.08. The SMILES string of the molecule is CN(c1cccnc1)S(=O)(=O)CCl. The van der Waals surface area contributed by atoms with Crippen LogP contribution in [0.15, 0.2) is 24.5 Å². The first-order valence-electron chi connectivity index (χ1n) is 3.50. The predicted molar refractivity (Wildman–Crippen MR) is 52.3 cm³/mol. The topological polar surface area (TPSA) is 50.3 Å². The van der Waals surface area contributed by atoms with Gasteiger partial charge in [-0.15, -0.1) is 11.6 Å². The second-order valence-electron chi connectivity index (χ2n) is 2.40. The molecule has 6 heteroatoms. The molecule has 0 amide bonds. The van der Waals surface area contributed by atoms with Crippen molar-refractivity contribution in [3.8, 4) is 0 Å². The van der Waals surface area contributed by atoms with Crippen LogP contribution in [0.5, 0.6) is 0 Å². The molecule has 0 aliphatic rings. The Morgan fingerprint density at radius 1 is 1.62 bits per heavy atom. The van der Waals surface area contributed by atoms with Crippen molar-refractivity contribution in [2.75, 3.05) is 16.6 Å². The molecular formula is C7H9ClN2O2S. The van der Waals surface area contributed by atoms with Crippen LogP contribution in [0.1, 0.15) is 0 Å². The van der Waals surface area contributed by atoms with Crippen LogP contribution < -0.4 is 4.31 Å². The maximum Gasteiger partial charge on any atom is 0.249 e. The van der Waals surface area contributed by atoms with Gasteiger partial charge >= 0.3 is 0 Å². The van der Waals surface area contributed by atoms with Crippen LogP contribution in [0.2, 0.25) is 0 Å². The second-order valence-corrected chi connectivity index (χ2v) is 4.98. The van der Waals surface area contributed by atoms with E-state index in [1.807, 2.05) is 0 Å². The molecular weight excluding hydrogens is 212 g/mol. The van der Waals surface area contributed by atoms with E-state index in [9.17, 15) is 8.42 Å². The van der Waals surface area contributed by atoms with Crippen molar-refractivity contribution in [3.05, 3.63) is 24.5 Å². The molecule has 1 heterocycles. The van der Waals surface area contributed by atoms with Crippen molar-refractivity contribution in [2.24, 2.45) is 0 Å². The summed E-state index contributed by atoms with van der Waals surface area (Å²) < 4.78 is 23.6. The number of sulfonamides is 1. The highest BCUT2D eigenvalue weighted by atomic mass is 35.5. The van der Waals surface area contributed by atoms with Crippen molar-refractivity contribution in [2.45, 2.75) is 0 Å². The summed E-state index contributed by atoms with van der Waals surface area (Å²) in [6, 6.07) is 3.31. The molecule has 0 unspecified atom stereocenters. The third-order valence-electron chi connectivity index (χ3n) is 1.56. The van der Waals surface area contributed by atoms with Crippen LogP contribution in [0.4, 0.5) is 5.69 Å². The highest BCUT2D eigenvalue weighted by Crippen LogP contribution is 2.14. The number of aromatic nitrogens is 1. The highest BCUT2D eigenvalue weighted by Gasteiger charge is 2.16. The zero-order chi connectivity index (χ0) is 9.90. The Balaban J connectivity index is 2.99. The van der Waals surface area contributed by atoms with E-state index in [1.165, 1.54) is 13.2 Å². The normalized spacial score (nSPS) is 11.2. The van der Waals surface area contributed by atoms with E-state index in [-0.39, 0.29) is 0 Å². The van der Waals surface area contributed by atoms with Gasteiger partial charge in [0.1, 0.15) is 5.21 Å². The van der Waals surface area contributed by atoms with E-state index >= 15 is 0 Å². The van der Waals surface area contributed by atoms with Gasteiger partial charge in [0.25, 0.3) is 0 Å². The van der Waals surface area contributed by atoms with Gasteiger partial charge < -0.3 is 0 Å². The number of pyridine rings is 1. The molecule has 0 aromatic carbocycles. The minimum atomic E-state index is -3.39. The van der Waals surface area contributed by atoms with E-state index < -0.39 is 15.2 Å². The van der Waals surface area contributed by atoms with E-state index in [2.05, 4.69) is 4.98 Å².